The average Bonchev–Trinajstić information content (AvgIpc) is 2.96. The molecule has 1 aliphatic heterocycles. The molecule has 0 radical (unpaired) electrons. The lowest BCUT2D eigenvalue weighted by Crippen LogP contribution is -2.43. The molecule has 0 bridgehead atoms. The van der Waals surface area contributed by atoms with Gasteiger partial charge < -0.3 is 15.2 Å². The predicted molar refractivity (Wildman–Crippen MR) is 76.5 cm³/mol. The maximum absolute atomic E-state index is 4.38. The van der Waals surface area contributed by atoms with Crippen LogP contribution in [0.2, 0.25) is 0 Å². The Hall–Kier alpha value is -2.14. The third-order valence-corrected chi connectivity index (χ3v) is 3.73. The van der Waals surface area contributed by atoms with Gasteiger partial charge in [-0.25, -0.2) is 9.97 Å². The molecule has 5 heteroatoms. The highest BCUT2D eigenvalue weighted by Crippen LogP contribution is 2.30. The quantitative estimate of drug-likeness (QED) is 0.690. The molecular weight excluding hydrogens is 238 g/mol. The van der Waals surface area contributed by atoms with Crippen molar-refractivity contribution in [3.63, 3.8) is 0 Å². The van der Waals surface area contributed by atoms with Gasteiger partial charge in [0.25, 0.3) is 0 Å². The maximum atomic E-state index is 4.38. The number of nitrogens with one attached hydrogen (secondary N) is 2. The van der Waals surface area contributed by atoms with Crippen molar-refractivity contribution < 1.29 is 0 Å². The molecule has 19 heavy (non-hydrogen) atoms. The molecule has 0 atom stereocenters. The summed E-state index contributed by atoms with van der Waals surface area (Å²) in [6.07, 6.45) is 5.69. The van der Waals surface area contributed by atoms with Crippen LogP contribution in [0.15, 0.2) is 30.7 Å². The van der Waals surface area contributed by atoms with Crippen molar-refractivity contribution in [3.05, 3.63) is 30.7 Å². The van der Waals surface area contributed by atoms with Gasteiger partial charge in [-0.2, -0.15) is 0 Å². The van der Waals surface area contributed by atoms with E-state index in [1.165, 1.54) is 11.1 Å². The zero-order valence-electron chi connectivity index (χ0n) is 10.6. The molecule has 4 rings (SSSR count). The zero-order chi connectivity index (χ0) is 12.7. The van der Waals surface area contributed by atoms with E-state index in [4.69, 9.17) is 0 Å². The van der Waals surface area contributed by atoms with Gasteiger partial charge >= 0.3 is 0 Å². The van der Waals surface area contributed by atoms with Crippen LogP contribution in [0.5, 0.6) is 0 Å². The van der Waals surface area contributed by atoms with Crippen LogP contribution in [0.3, 0.4) is 0 Å². The Morgan fingerprint density at radius 3 is 2.89 bits per heavy atom. The SMILES string of the molecule is c1cc2c(n1)ncc1[nH]ccc(N3CCNCC3)c12. The Balaban J connectivity index is 2.00. The fraction of sp³-hybridized carbons (Fsp3) is 0.286. The van der Waals surface area contributed by atoms with E-state index in [0.29, 0.717) is 0 Å². The number of pyridine rings is 2. The van der Waals surface area contributed by atoms with Crippen LogP contribution in [-0.4, -0.2) is 41.1 Å². The highest BCUT2D eigenvalue weighted by Gasteiger charge is 2.15. The van der Waals surface area contributed by atoms with Gasteiger partial charge in [-0.1, -0.05) is 0 Å². The van der Waals surface area contributed by atoms with Crippen molar-refractivity contribution in [3.8, 4) is 0 Å². The Labute approximate surface area is 110 Å². The van der Waals surface area contributed by atoms with Crippen molar-refractivity contribution >= 4 is 27.6 Å². The molecule has 3 aromatic rings. The molecule has 1 aliphatic rings. The van der Waals surface area contributed by atoms with Crippen molar-refractivity contribution in [2.75, 3.05) is 31.1 Å². The van der Waals surface area contributed by atoms with Gasteiger partial charge in [-0.15, -0.1) is 0 Å². The molecule has 4 heterocycles. The second-order valence-corrected chi connectivity index (χ2v) is 4.83. The summed E-state index contributed by atoms with van der Waals surface area (Å²) in [4.78, 5) is 14.4. The lowest BCUT2D eigenvalue weighted by Gasteiger charge is -2.30. The highest BCUT2D eigenvalue weighted by atomic mass is 15.2. The largest absolute Gasteiger partial charge is 0.368 e. The van der Waals surface area contributed by atoms with Crippen LogP contribution < -0.4 is 10.2 Å². The Bertz CT molecular complexity index is 727. The fourth-order valence-corrected chi connectivity index (χ4v) is 2.81. The molecule has 3 aromatic heterocycles. The Morgan fingerprint density at radius 1 is 1.11 bits per heavy atom. The number of fused-ring (bicyclic) bond motifs is 3. The minimum Gasteiger partial charge on any atom is -0.368 e. The smallest absolute Gasteiger partial charge is 0.159 e. The summed E-state index contributed by atoms with van der Waals surface area (Å²) in [6, 6.07) is 4.20. The number of aromatic nitrogens is 3. The first-order chi connectivity index (χ1) is 9.43. The third-order valence-electron chi connectivity index (χ3n) is 3.73. The minimum atomic E-state index is 0.823. The summed E-state index contributed by atoms with van der Waals surface area (Å²) >= 11 is 0. The lowest BCUT2D eigenvalue weighted by atomic mass is 10.1. The first-order valence-electron chi connectivity index (χ1n) is 6.60. The van der Waals surface area contributed by atoms with Gasteiger partial charge in [0.15, 0.2) is 5.65 Å². The topological polar surface area (TPSA) is 56.8 Å². The summed E-state index contributed by atoms with van der Waals surface area (Å²) in [6.45, 7) is 4.15. The molecule has 1 saturated heterocycles. The third kappa shape index (κ3) is 1.66. The number of aromatic amines is 1. The van der Waals surface area contributed by atoms with Crippen molar-refractivity contribution in [1.82, 2.24) is 20.3 Å². The van der Waals surface area contributed by atoms with Gasteiger partial charge in [-0.05, 0) is 12.1 Å². The van der Waals surface area contributed by atoms with E-state index in [2.05, 4.69) is 31.2 Å². The zero-order valence-corrected chi connectivity index (χ0v) is 10.6. The van der Waals surface area contributed by atoms with Crippen molar-refractivity contribution in [1.29, 1.82) is 0 Å². The molecule has 0 amide bonds. The van der Waals surface area contributed by atoms with Gasteiger partial charge in [0, 0.05) is 55.0 Å². The number of H-pyrrole nitrogens is 1. The number of hydrogen-bond acceptors (Lipinski definition) is 4. The number of anilines is 1. The molecule has 0 aromatic carbocycles. The van der Waals surface area contributed by atoms with Crippen LogP contribution in [0, 0.1) is 0 Å². The van der Waals surface area contributed by atoms with E-state index in [0.717, 1.165) is 42.7 Å². The van der Waals surface area contributed by atoms with E-state index in [-0.39, 0.29) is 0 Å². The van der Waals surface area contributed by atoms with Gasteiger partial charge in [0.2, 0.25) is 0 Å². The maximum Gasteiger partial charge on any atom is 0.159 e. The van der Waals surface area contributed by atoms with E-state index in [1.54, 1.807) is 0 Å². The normalized spacial score (nSPS) is 16.3. The van der Waals surface area contributed by atoms with Crippen LogP contribution in [0.25, 0.3) is 21.9 Å². The predicted octanol–water partition coefficient (Wildman–Crippen LogP) is 1.52. The van der Waals surface area contributed by atoms with Gasteiger partial charge in [0.05, 0.1) is 11.7 Å². The molecular formula is C14H15N5. The van der Waals surface area contributed by atoms with Crippen LogP contribution in [0.4, 0.5) is 5.69 Å². The molecule has 2 N–H and O–H groups in total. The number of rotatable bonds is 1. The lowest BCUT2D eigenvalue weighted by molar-refractivity contribution is 0.590. The Kier molecular flexibility index (Phi) is 2.38. The highest BCUT2D eigenvalue weighted by molar-refractivity contribution is 6.09. The minimum absolute atomic E-state index is 0.823. The van der Waals surface area contributed by atoms with Gasteiger partial charge in [0.1, 0.15) is 0 Å². The molecule has 0 saturated carbocycles. The first-order valence-corrected chi connectivity index (χ1v) is 6.60. The van der Waals surface area contributed by atoms with E-state index < -0.39 is 0 Å². The molecule has 0 spiro atoms. The summed E-state index contributed by atoms with van der Waals surface area (Å²) < 4.78 is 0. The number of piperazine rings is 1. The summed E-state index contributed by atoms with van der Waals surface area (Å²) in [5.41, 5.74) is 3.16. The molecule has 96 valence electrons. The summed E-state index contributed by atoms with van der Waals surface area (Å²) in [7, 11) is 0. The molecule has 1 fully saturated rings. The van der Waals surface area contributed by atoms with Crippen LogP contribution in [0.1, 0.15) is 0 Å². The fourth-order valence-electron chi connectivity index (χ4n) is 2.81. The monoisotopic (exact) mass is 253 g/mol. The van der Waals surface area contributed by atoms with E-state index in [9.17, 15) is 0 Å². The van der Waals surface area contributed by atoms with Crippen molar-refractivity contribution in [2.45, 2.75) is 0 Å². The molecule has 0 aliphatic carbocycles. The summed E-state index contributed by atoms with van der Waals surface area (Å²) in [5.74, 6) is 0. The number of hydrogen-bond donors (Lipinski definition) is 2. The Morgan fingerprint density at radius 2 is 2.00 bits per heavy atom. The summed E-state index contributed by atoms with van der Waals surface area (Å²) in [5, 5.41) is 5.75. The standard InChI is InChI=1S/C14H15N5/c1-3-17-14-10(1)13-11(9-18-14)16-4-2-12(13)19-7-5-15-6-8-19/h1-4,9,15-16H,5-8H2. The second-order valence-electron chi connectivity index (χ2n) is 4.83. The molecule has 0 unspecified atom stereocenters. The second kappa shape index (κ2) is 4.20. The molecule has 5 nitrogen and oxygen atoms in total. The average molecular weight is 253 g/mol. The van der Waals surface area contributed by atoms with Crippen molar-refractivity contribution in [2.24, 2.45) is 0 Å². The van der Waals surface area contributed by atoms with E-state index >= 15 is 0 Å². The van der Waals surface area contributed by atoms with Crippen LogP contribution >= 0.6 is 0 Å². The van der Waals surface area contributed by atoms with Crippen LogP contribution in [-0.2, 0) is 0 Å². The van der Waals surface area contributed by atoms with Gasteiger partial charge in [-0.3, -0.25) is 0 Å². The first kappa shape index (κ1) is 10.8. The number of nitrogens with zero attached hydrogens (tertiary/aromatic N) is 3. The van der Waals surface area contributed by atoms with E-state index in [1.807, 2.05) is 24.7 Å².